The van der Waals surface area contributed by atoms with Gasteiger partial charge in [-0.05, 0) is 45.7 Å². The van der Waals surface area contributed by atoms with E-state index >= 15 is 0 Å². The Hall–Kier alpha value is -1.11. The lowest BCUT2D eigenvalue weighted by molar-refractivity contribution is -0.118. The topological polar surface area (TPSA) is 84.8 Å². The number of hydrogen-bond donors (Lipinski definition) is 2. The molecule has 2 heterocycles. The molecule has 4 N–H and O–H groups in total. The monoisotopic (exact) mass is 400 g/mol. The first-order chi connectivity index (χ1) is 13.1. The van der Waals surface area contributed by atoms with Gasteiger partial charge in [-0.25, -0.2) is 5.84 Å². The van der Waals surface area contributed by atoms with Crippen molar-refractivity contribution in [3.63, 3.8) is 0 Å². The summed E-state index contributed by atoms with van der Waals surface area (Å²) < 4.78 is 5.29. The number of Topliss-reactive ketones (excluding diaryl/α,β-unsaturated/α-hetero) is 1. The molecular formula is C22H48N4O2. The van der Waals surface area contributed by atoms with E-state index in [1.54, 1.807) is 20.2 Å². The van der Waals surface area contributed by atoms with E-state index in [4.69, 9.17) is 16.3 Å². The molecule has 2 saturated heterocycles. The Kier molecular flexibility index (Phi) is 15.4. The van der Waals surface area contributed by atoms with Gasteiger partial charge in [-0.1, -0.05) is 41.5 Å². The van der Waals surface area contributed by atoms with Crippen molar-refractivity contribution in [2.75, 3.05) is 33.9 Å². The minimum atomic E-state index is -0.320. The lowest BCUT2D eigenvalue weighted by atomic mass is 9.84. The Morgan fingerprint density at radius 3 is 2.00 bits per heavy atom. The Balaban J connectivity index is 0. The maximum atomic E-state index is 10.9. The summed E-state index contributed by atoms with van der Waals surface area (Å²) in [6.45, 7) is 17.0. The third kappa shape index (κ3) is 9.89. The molecule has 0 aliphatic carbocycles. The molecule has 0 aromatic carbocycles. The quantitative estimate of drug-likeness (QED) is 0.519. The standard InChI is InChI=1S/C9H19N3O.C9H17NO.2C2H6/c1-7(13)5-9(2,3)8(10)6-12(4)11;1-11-8-9-4-2-6-10(9)7-3-5-9;2*1-2/h6H,5,10-11H2,1-4H3;2-8H2,1H3;2*1-2H3/b8-6-;;;. The van der Waals surface area contributed by atoms with Crippen LogP contribution in [0.2, 0.25) is 0 Å². The van der Waals surface area contributed by atoms with Crippen molar-refractivity contribution >= 4 is 5.78 Å². The third-order valence-corrected chi connectivity index (χ3v) is 5.04. The van der Waals surface area contributed by atoms with Crippen LogP contribution in [0.3, 0.4) is 0 Å². The molecule has 2 aliphatic heterocycles. The van der Waals surface area contributed by atoms with E-state index in [9.17, 15) is 4.79 Å². The molecule has 0 aromatic rings. The number of rotatable bonds is 6. The molecule has 0 bridgehead atoms. The molecule has 6 heteroatoms. The number of hydrogen-bond acceptors (Lipinski definition) is 6. The Morgan fingerprint density at radius 2 is 1.64 bits per heavy atom. The first-order valence-corrected chi connectivity index (χ1v) is 10.8. The summed E-state index contributed by atoms with van der Waals surface area (Å²) in [6.07, 6.45) is 7.54. The fourth-order valence-electron chi connectivity index (χ4n) is 3.85. The van der Waals surface area contributed by atoms with E-state index in [2.05, 4.69) is 4.90 Å². The van der Waals surface area contributed by atoms with Crippen molar-refractivity contribution < 1.29 is 9.53 Å². The summed E-state index contributed by atoms with van der Waals surface area (Å²) >= 11 is 0. The average molecular weight is 401 g/mol. The van der Waals surface area contributed by atoms with Gasteiger partial charge in [-0.15, -0.1) is 0 Å². The second kappa shape index (κ2) is 14.8. The molecule has 28 heavy (non-hydrogen) atoms. The predicted molar refractivity (Wildman–Crippen MR) is 121 cm³/mol. The molecule has 2 fully saturated rings. The van der Waals surface area contributed by atoms with Crippen molar-refractivity contribution in [1.29, 1.82) is 0 Å². The smallest absolute Gasteiger partial charge is 0.130 e. The lowest BCUT2D eigenvalue weighted by Gasteiger charge is -2.30. The number of allylic oxidation sites excluding steroid dienone is 1. The van der Waals surface area contributed by atoms with Gasteiger partial charge in [0.25, 0.3) is 0 Å². The highest BCUT2D eigenvalue weighted by atomic mass is 16.5. The summed E-state index contributed by atoms with van der Waals surface area (Å²) in [7, 11) is 3.51. The number of nitrogens with two attached hydrogens (primary N) is 2. The number of ketones is 1. The second-order valence-electron chi connectivity index (χ2n) is 7.86. The van der Waals surface area contributed by atoms with E-state index in [1.165, 1.54) is 43.8 Å². The van der Waals surface area contributed by atoms with Crippen molar-refractivity contribution in [2.45, 2.75) is 86.1 Å². The number of fused-ring (bicyclic) bond motifs is 1. The number of carbonyl (C=O) groups excluding carboxylic acids is 1. The molecule has 0 saturated carbocycles. The first-order valence-electron chi connectivity index (χ1n) is 10.8. The summed E-state index contributed by atoms with van der Waals surface area (Å²) in [4.78, 5) is 13.5. The van der Waals surface area contributed by atoms with Crippen LogP contribution in [0.25, 0.3) is 0 Å². The van der Waals surface area contributed by atoms with E-state index < -0.39 is 0 Å². The predicted octanol–water partition coefficient (Wildman–Crippen LogP) is 3.91. The van der Waals surface area contributed by atoms with Gasteiger partial charge in [0.15, 0.2) is 0 Å². The number of carbonyl (C=O) groups is 1. The number of nitrogens with zero attached hydrogens (tertiary/aromatic N) is 2. The van der Waals surface area contributed by atoms with Gasteiger partial charge in [0.2, 0.25) is 0 Å². The minimum Gasteiger partial charge on any atom is -0.400 e. The van der Waals surface area contributed by atoms with Gasteiger partial charge < -0.3 is 15.5 Å². The highest BCUT2D eigenvalue weighted by Crippen LogP contribution is 2.38. The molecule has 0 unspecified atom stereocenters. The maximum absolute atomic E-state index is 10.9. The van der Waals surface area contributed by atoms with Crippen LogP contribution in [0.15, 0.2) is 11.9 Å². The van der Waals surface area contributed by atoms with Crippen LogP contribution in [-0.2, 0) is 9.53 Å². The number of methoxy groups -OCH3 is 1. The first kappa shape index (κ1) is 29.1. The molecule has 0 radical (unpaired) electrons. The molecule has 6 nitrogen and oxygen atoms in total. The van der Waals surface area contributed by atoms with Crippen LogP contribution in [-0.4, -0.2) is 55.1 Å². The van der Waals surface area contributed by atoms with Gasteiger partial charge in [-0.2, -0.15) is 0 Å². The Morgan fingerprint density at radius 1 is 1.18 bits per heavy atom. The molecule has 0 amide bonds. The molecule has 2 aliphatic rings. The zero-order valence-corrected chi connectivity index (χ0v) is 20.1. The van der Waals surface area contributed by atoms with Gasteiger partial charge in [-0.3, -0.25) is 9.69 Å². The van der Waals surface area contributed by atoms with Crippen molar-refractivity contribution in [2.24, 2.45) is 17.0 Å². The fourth-order valence-corrected chi connectivity index (χ4v) is 3.85. The van der Waals surface area contributed by atoms with Gasteiger partial charge in [0.1, 0.15) is 5.78 Å². The van der Waals surface area contributed by atoms with Crippen LogP contribution in [0, 0.1) is 5.41 Å². The zero-order valence-electron chi connectivity index (χ0n) is 20.1. The largest absolute Gasteiger partial charge is 0.400 e. The number of hydrazine groups is 1. The normalized spacial score (nSPS) is 17.9. The molecule has 0 aromatic heterocycles. The summed E-state index contributed by atoms with van der Waals surface area (Å²) in [5.41, 5.74) is 6.55. The summed E-state index contributed by atoms with van der Waals surface area (Å²) in [6, 6.07) is 0. The van der Waals surface area contributed by atoms with Crippen LogP contribution >= 0.6 is 0 Å². The maximum Gasteiger partial charge on any atom is 0.130 e. The SMILES string of the molecule is CC.CC.CC(=O)CC(C)(C)/C(N)=C/N(C)N.COCC12CCCN1CCC2. The van der Waals surface area contributed by atoms with Crippen LogP contribution in [0.4, 0.5) is 0 Å². The van der Waals surface area contributed by atoms with Crippen molar-refractivity contribution in [3.05, 3.63) is 11.9 Å². The second-order valence-corrected chi connectivity index (χ2v) is 7.86. The Bertz CT molecular complexity index is 438. The van der Waals surface area contributed by atoms with Gasteiger partial charge in [0, 0.05) is 43.4 Å². The zero-order chi connectivity index (χ0) is 22.4. The highest BCUT2D eigenvalue weighted by molar-refractivity contribution is 5.76. The Labute approximate surface area is 174 Å². The fraction of sp³-hybridized carbons (Fsp3) is 0.864. The lowest BCUT2D eigenvalue weighted by Crippen LogP contribution is -2.42. The van der Waals surface area contributed by atoms with E-state index in [0.29, 0.717) is 17.7 Å². The number of ether oxygens (including phenoxy) is 1. The summed E-state index contributed by atoms with van der Waals surface area (Å²) in [5, 5.41) is 1.39. The molecule has 0 atom stereocenters. The van der Waals surface area contributed by atoms with E-state index in [1.807, 2.05) is 48.7 Å². The van der Waals surface area contributed by atoms with E-state index in [0.717, 1.165) is 6.61 Å². The molecule has 2 rings (SSSR count). The molecule has 0 spiro atoms. The van der Waals surface area contributed by atoms with Crippen molar-refractivity contribution in [3.8, 4) is 0 Å². The summed E-state index contributed by atoms with van der Waals surface area (Å²) in [5.74, 6) is 5.54. The van der Waals surface area contributed by atoms with Gasteiger partial charge in [0.05, 0.1) is 6.61 Å². The minimum absolute atomic E-state index is 0.126. The molecular weight excluding hydrogens is 352 g/mol. The van der Waals surface area contributed by atoms with Crippen LogP contribution < -0.4 is 11.6 Å². The van der Waals surface area contributed by atoms with Crippen LogP contribution in [0.5, 0.6) is 0 Å². The van der Waals surface area contributed by atoms with E-state index in [-0.39, 0.29) is 11.2 Å². The van der Waals surface area contributed by atoms with Gasteiger partial charge >= 0.3 is 0 Å². The third-order valence-electron chi connectivity index (χ3n) is 5.04. The highest BCUT2D eigenvalue weighted by Gasteiger charge is 2.43. The average Bonchev–Trinajstić information content (AvgIpc) is 3.17. The van der Waals surface area contributed by atoms with Crippen molar-refractivity contribution in [1.82, 2.24) is 9.91 Å². The van der Waals surface area contributed by atoms with Crippen LogP contribution in [0.1, 0.15) is 80.6 Å². The molecule has 168 valence electrons.